The highest BCUT2D eigenvalue weighted by atomic mass is 19.4. The van der Waals surface area contributed by atoms with Crippen LogP contribution in [0.25, 0.3) is 11.1 Å². The molecule has 0 aliphatic rings. The first-order chi connectivity index (χ1) is 8.93. The van der Waals surface area contributed by atoms with Crippen molar-refractivity contribution in [1.82, 2.24) is 0 Å². The Morgan fingerprint density at radius 2 is 1.74 bits per heavy atom. The number of hydrogen-bond donors (Lipinski definition) is 1. The zero-order chi connectivity index (χ0) is 14.0. The van der Waals surface area contributed by atoms with E-state index in [0.29, 0.717) is 16.9 Å². The van der Waals surface area contributed by atoms with Gasteiger partial charge < -0.3 is 10.5 Å². The summed E-state index contributed by atoms with van der Waals surface area (Å²) in [4.78, 5) is 0. The molecular weight excluding hydrogens is 255 g/mol. The van der Waals surface area contributed by atoms with E-state index >= 15 is 0 Å². The van der Waals surface area contributed by atoms with E-state index in [1.54, 1.807) is 30.3 Å². The van der Waals surface area contributed by atoms with E-state index in [4.69, 9.17) is 10.5 Å². The van der Waals surface area contributed by atoms with Crippen molar-refractivity contribution in [2.45, 2.75) is 6.18 Å². The molecule has 0 bridgehead atoms. The summed E-state index contributed by atoms with van der Waals surface area (Å²) in [6.45, 7) is 0. The number of hydrogen-bond acceptors (Lipinski definition) is 2. The highest BCUT2D eigenvalue weighted by Gasteiger charge is 2.33. The maximum atomic E-state index is 12.8. The minimum Gasteiger partial charge on any atom is -0.496 e. The number of benzene rings is 2. The Hall–Kier alpha value is -2.17. The first-order valence-corrected chi connectivity index (χ1v) is 5.53. The number of methoxy groups -OCH3 is 1. The summed E-state index contributed by atoms with van der Waals surface area (Å²) < 4.78 is 43.6. The molecule has 0 amide bonds. The van der Waals surface area contributed by atoms with Crippen molar-refractivity contribution < 1.29 is 17.9 Å². The van der Waals surface area contributed by atoms with Crippen LogP contribution in [0.15, 0.2) is 42.5 Å². The van der Waals surface area contributed by atoms with Crippen molar-refractivity contribution in [3.8, 4) is 16.9 Å². The molecule has 2 nitrogen and oxygen atoms in total. The summed E-state index contributed by atoms with van der Waals surface area (Å²) >= 11 is 0. The monoisotopic (exact) mass is 267 g/mol. The summed E-state index contributed by atoms with van der Waals surface area (Å²) in [5, 5.41) is 0. The fourth-order valence-corrected chi connectivity index (χ4v) is 1.85. The molecule has 0 aromatic heterocycles. The zero-order valence-corrected chi connectivity index (χ0v) is 10.2. The lowest BCUT2D eigenvalue weighted by Crippen LogP contribution is -2.09. The minimum atomic E-state index is -4.47. The Morgan fingerprint density at radius 1 is 1.05 bits per heavy atom. The molecule has 0 heterocycles. The highest BCUT2D eigenvalue weighted by Crippen LogP contribution is 2.38. The van der Waals surface area contributed by atoms with Gasteiger partial charge in [0.05, 0.1) is 12.7 Å². The SMILES string of the molecule is COc1ccccc1-c1ccc(N)c(C(F)(F)F)c1. The van der Waals surface area contributed by atoms with Crippen molar-refractivity contribution >= 4 is 5.69 Å². The van der Waals surface area contributed by atoms with Gasteiger partial charge in [-0.1, -0.05) is 24.3 Å². The Bertz CT molecular complexity index is 593. The molecular formula is C14H12F3NO. The molecule has 0 radical (unpaired) electrons. The number of nitrogens with two attached hydrogens (primary N) is 1. The third-order valence-electron chi connectivity index (χ3n) is 2.78. The first-order valence-electron chi connectivity index (χ1n) is 5.53. The van der Waals surface area contributed by atoms with Crippen molar-refractivity contribution in [2.75, 3.05) is 12.8 Å². The van der Waals surface area contributed by atoms with E-state index in [1.165, 1.54) is 13.2 Å². The normalized spacial score (nSPS) is 11.4. The summed E-state index contributed by atoms with van der Waals surface area (Å²) in [6, 6.07) is 10.7. The van der Waals surface area contributed by atoms with Gasteiger partial charge in [0.1, 0.15) is 5.75 Å². The van der Waals surface area contributed by atoms with Crippen LogP contribution in [0.5, 0.6) is 5.75 Å². The van der Waals surface area contributed by atoms with Crippen molar-refractivity contribution in [1.29, 1.82) is 0 Å². The molecule has 100 valence electrons. The van der Waals surface area contributed by atoms with Gasteiger partial charge in [-0.05, 0) is 23.8 Å². The molecule has 2 aromatic rings. The molecule has 0 spiro atoms. The molecule has 2 aromatic carbocycles. The lowest BCUT2D eigenvalue weighted by Gasteiger charge is -2.13. The third-order valence-corrected chi connectivity index (χ3v) is 2.78. The van der Waals surface area contributed by atoms with Gasteiger partial charge >= 0.3 is 6.18 Å². The Kier molecular flexibility index (Phi) is 3.38. The summed E-state index contributed by atoms with van der Waals surface area (Å²) in [7, 11) is 1.47. The van der Waals surface area contributed by atoms with E-state index in [1.807, 2.05) is 0 Å². The van der Waals surface area contributed by atoms with Gasteiger partial charge in [0, 0.05) is 11.3 Å². The van der Waals surface area contributed by atoms with Crippen LogP contribution < -0.4 is 10.5 Å². The number of anilines is 1. The summed E-state index contributed by atoms with van der Waals surface area (Å²) in [5.41, 5.74) is 5.26. The molecule has 2 N–H and O–H groups in total. The molecule has 0 unspecified atom stereocenters. The van der Waals surface area contributed by atoms with Crippen LogP contribution in [-0.2, 0) is 6.18 Å². The minimum absolute atomic E-state index is 0.286. The van der Waals surface area contributed by atoms with E-state index < -0.39 is 11.7 Å². The summed E-state index contributed by atoms with van der Waals surface area (Å²) in [5.74, 6) is 0.514. The van der Waals surface area contributed by atoms with Gasteiger partial charge in [0.2, 0.25) is 0 Å². The fraction of sp³-hybridized carbons (Fsp3) is 0.143. The van der Waals surface area contributed by atoms with Gasteiger partial charge in [-0.3, -0.25) is 0 Å². The molecule has 5 heteroatoms. The number of halogens is 3. The Balaban J connectivity index is 2.58. The van der Waals surface area contributed by atoms with Gasteiger partial charge in [0.25, 0.3) is 0 Å². The third kappa shape index (κ3) is 2.65. The van der Waals surface area contributed by atoms with E-state index in [0.717, 1.165) is 6.07 Å². The second-order valence-electron chi connectivity index (χ2n) is 4.00. The molecule has 19 heavy (non-hydrogen) atoms. The number of nitrogen functional groups attached to an aromatic ring is 1. The second kappa shape index (κ2) is 4.84. The maximum absolute atomic E-state index is 12.8. The van der Waals surface area contributed by atoms with Gasteiger partial charge in [-0.2, -0.15) is 13.2 Å². The number of rotatable bonds is 2. The van der Waals surface area contributed by atoms with E-state index in [9.17, 15) is 13.2 Å². The quantitative estimate of drug-likeness (QED) is 0.836. The average molecular weight is 267 g/mol. The Morgan fingerprint density at radius 3 is 2.37 bits per heavy atom. The summed E-state index contributed by atoms with van der Waals surface area (Å²) in [6.07, 6.45) is -4.47. The van der Waals surface area contributed by atoms with Crippen LogP contribution in [-0.4, -0.2) is 7.11 Å². The number of para-hydroxylation sites is 1. The molecule has 0 saturated heterocycles. The molecule has 2 rings (SSSR count). The van der Waals surface area contributed by atoms with Gasteiger partial charge in [0.15, 0.2) is 0 Å². The van der Waals surface area contributed by atoms with Crippen LogP contribution in [0.1, 0.15) is 5.56 Å². The molecule has 0 aliphatic carbocycles. The average Bonchev–Trinajstić information content (AvgIpc) is 2.38. The predicted octanol–water partition coefficient (Wildman–Crippen LogP) is 3.96. The largest absolute Gasteiger partial charge is 0.496 e. The van der Waals surface area contributed by atoms with Gasteiger partial charge in [-0.25, -0.2) is 0 Å². The van der Waals surface area contributed by atoms with Crippen molar-refractivity contribution in [3.05, 3.63) is 48.0 Å². The number of ether oxygens (including phenoxy) is 1. The molecule has 0 fully saturated rings. The maximum Gasteiger partial charge on any atom is 0.418 e. The number of alkyl halides is 3. The molecule has 0 saturated carbocycles. The second-order valence-corrected chi connectivity index (χ2v) is 4.00. The predicted molar refractivity (Wildman–Crippen MR) is 67.8 cm³/mol. The molecule has 0 aliphatic heterocycles. The van der Waals surface area contributed by atoms with Crippen LogP contribution >= 0.6 is 0 Å². The smallest absolute Gasteiger partial charge is 0.418 e. The zero-order valence-electron chi connectivity index (χ0n) is 10.2. The van der Waals surface area contributed by atoms with E-state index in [2.05, 4.69) is 0 Å². The first kappa shape index (κ1) is 13.3. The topological polar surface area (TPSA) is 35.2 Å². The lowest BCUT2D eigenvalue weighted by molar-refractivity contribution is -0.136. The molecule has 0 atom stereocenters. The van der Waals surface area contributed by atoms with Crippen LogP contribution in [0.3, 0.4) is 0 Å². The standard InChI is InChI=1S/C14H12F3NO/c1-19-13-5-3-2-4-10(13)9-6-7-12(18)11(8-9)14(15,16)17/h2-8H,18H2,1H3. The highest BCUT2D eigenvalue weighted by molar-refractivity contribution is 5.73. The lowest BCUT2D eigenvalue weighted by atomic mass is 10.0. The Labute approximate surface area is 108 Å². The van der Waals surface area contributed by atoms with Crippen molar-refractivity contribution in [3.63, 3.8) is 0 Å². The van der Waals surface area contributed by atoms with Crippen LogP contribution in [0.4, 0.5) is 18.9 Å². The van der Waals surface area contributed by atoms with Crippen LogP contribution in [0.2, 0.25) is 0 Å². The van der Waals surface area contributed by atoms with Gasteiger partial charge in [-0.15, -0.1) is 0 Å². The van der Waals surface area contributed by atoms with Crippen LogP contribution in [0, 0.1) is 0 Å². The van der Waals surface area contributed by atoms with Crippen molar-refractivity contribution in [2.24, 2.45) is 0 Å². The van der Waals surface area contributed by atoms with E-state index in [-0.39, 0.29) is 5.69 Å². The fourth-order valence-electron chi connectivity index (χ4n) is 1.85.